The lowest BCUT2D eigenvalue weighted by Gasteiger charge is -2.11. The van der Waals surface area contributed by atoms with Gasteiger partial charge in [-0.3, -0.25) is 10.1 Å². The number of thiazole rings is 1. The van der Waals surface area contributed by atoms with E-state index in [-0.39, 0.29) is 5.69 Å². The van der Waals surface area contributed by atoms with E-state index in [1.807, 2.05) is 19.2 Å². The van der Waals surface area contributed by atoms with Crippen LogP contribution in [-0.2, 0) is 0 Å². The molecule has 0 saturated carbocycles. The number of nitro benzene ring substituents is 1. The molecular formula is C21H18N4O2S. The molecular weight excluding hydrogens is 372 g/mol. The van der Waals surface area contributed by atoms with Gasteiger partial charge in [-0.1, -0.05) is 17.7 Å². The quantitative estimate of drug-likeness (QED) is 0.347. The zero-order valence-corrected chi connectivity index (χ0v) is 16.5. The van der Waals surface area contributed by atoms with Gasteiger partial charge < -0.3 is 5.32 Å². The summed E-state index contributed by atoms with van der Waals surface area (Å²) in [6.45, 7) is 6.10. The molecule has 0 aliphatic heterocycles. The van der Waals surface area contributed by atoms with Crippen LogP contribution in [0.2, 0.25) is 0 Å². The highest BCUT2D eigenvalue weighted by atomic mass is 32.1. The summed E-state index contributed by atoms with van der Waals surface area (Å²) in [6, 6.07) is 12.6. The van der Waals surface area contributed by atoms with Crippen molar-refractivity contribution in [2.24, 2.45) is 0 Å². The normalized spacial score (nSPS) is 11.1. The highest BCUT2D eigenvalue weighted by molar-refractivity contribution is 7.11. The van der Waals surface area contributed by atoms with Crippen LogP contribution in [0, 0.1) is 42.2 Å². The van der Waals surface area contributed by atoms with Crippen molar-refractivity contribution in [1.82, 2.24) is 4.98 Å². The second-order valence-corrected chi connectivity index (χ2v) is 7.29. The molecule has 28 heavy (non-hydrogen) atoms. The number of aromatic nitrogens is 1. The summed E-state index contributed by atoms with van der Waals surface area (Å²) in [5.74, 6) is 0. The standard InChI is InChI=1S/C21H18N4O2S/c1-13-8-14(2)20(15(3)9-13)23-11-17(10-22)21-24-19(12-28-21)16-4-6-18(7-5-16)25(26)27/h4-9,11-12,23H,1-3H3/b17-11+. The minimum atomic E-state index is -0.437. The number of nitrogens with zero attached hydrogens (tertiary/aromatic N) is 3. The minimum Gasteiger partial charge on any atom is -0.360 e. The first-order chi connectivity index (χ1) is 13.4. The van der Waals surface area contributed by atoms with E-state index in [1.54, 1.807) is 18.3 Å². The number of nitro groups is 1. The molecule has 6 nitrogen and oxygen atoms in total. The number of rotatable bonds is 5. The van der Waals surface area contributed by atoms with Crippen LogP contribution in [0.4, 0.5) is 11.4 Å². The van der Waals surface area contributed by atoms with E-state index >= 15 is 0 Å². The molecule has 1 aromatic heterocycles. The lowest BCUT2D eigenvalue weighted by atomic mass is 10.1. The minimum absolute atomic E-state index is 0.0323. The lowest BCUT2D eigenvalue weighted by Crippen LogP contribution is -1.97. The van der Waals surface area contributed by atoms with Gasteiger partial charge in [0.2, 0.25) is 0 Å². The van der Waals surface area contributed by atoms with E-state index in [0.717, 1.165) is 22.4 Å². The van der Waals surface area contributed by atoms with Gasteiger partial charge in [0.05, 0.1) is 10.6 Å². The third kappa shape index (κ3) is 4.08. The Morgan fingerprint density at radius 3 is 2.43 bits per heavy atom. The van der Waals surface area contributed by atoms with Crippen LogP contribution in [0.25, 0.3) is 16.8 Å². The molecule has 0 spiro atoms. The van der Waals surface area contributed by atoms with E-state index < -0.39 is 4.92 Å². The molecule has 1 N–H and O–H groups in total. The van der Waals surface area contributed by atoms with Crippen molar-refractivity contribution in [2.75, 3.05) is 5.32 Å². The molecule has 2 aromatic carbocycles. The fourth-order valence-corrected chi connectivity index (χ4v) is 3.77. The molecule has 0 atom stereocenters. The van der Waals surface area contributed by atoms with E-state index in [2.05, 4.69) is 35.4 Å². The zero-order chi connectivity index (χ0) is 20.3. The van der Waals surface area contributed by atoms with E-state index in [4.69, 9.17) is 0 Å². The van der Waals surface area contributed by atoms with Crippen LogP contribution in [0.3, 0.4) is 0 Å². The number of anilines is 1. The maximum atomic E-state index is 10.8. The number of benzene rings is 2. The predicted octanol–water partition coefficient (Wildman–Crippen LogP) is 5.62. The van der Waals surface area contributed by atoms with E-state index in [0.29, 0.717) is 16.3 Å². The SMILES string of the molecule is Cc1cc(C)c(N/C=C(\C#N)c2nc(-c3ccc([N+](=O)[O-])cc3)cs2)c(C)c1. The summed E-state index contributed by atoms with van der Waals surface area (Å²) in [6.07, 6.45) is 1.67. The number of hydrogen-bond acceptors (Lipinski definition) is 6. The van der Waals surface area contributed by atoms with Crippen molar-refractivity contribution in [3.63, 3.8) is 0 Å². The summed E-state index contributed by atoms with van der Waals surface area (Å²) in [7, 11) is 0. The lowest BCUT2D eigenvalue weighted by molar-refractivity contribution is -0.384. The van der Waals surface area contributed by atoms with Crippen LogP contribution in [0.1, 0.15) is 21.7 Å². The van der Waals surface area contributed by atoms with Crippen LogP contribution in [0.5, 0.6) is 0 Å². The molecule has 0 amide bonds. The third-order valence-corrected chi connectivity index (χ3v) is 5.14. The van der Waals surface area contributed by atoms with Crippen molar-refractivity contribution in [3.8, 4) is 17.3 Å². The summed E-state index contributed by atoms with van der Waals surface area (Å²) in [5, 5.41) is 26.0. The number of non-ortho nitro benzene ring substituents is 1. The Hall–Kier alpha value is -3.50. The molecule has 3 rings (SSSR count). The first-order valence-electron chi connectivity index (χ1n) is 8.54. The van der Waals surface area contributed by atoms with Crippen LogP contribution >= 0.6 is 11.3 Å². The Morgan fingerprint density at radius 1 is 1.21 bits per heavy atom. The Balaban J connectivity index is 1.85. The number of allylic oxidation sites excluding steroid dienone is 1. The Bertz CT molecular complexity index is 1090. The molecule has 0 aliphatic rings. The molecule has 7 heteroatoms. The van der Waals surface area contributed by atoms with Gasteiger partial charge in [-0.05, 0) is 44.0 Å². The Kier molecular flexibility index (Phi) is 5.52. The maximum Gasteiger partial charge on any atom is 0.269 e. The van der Waals surface area contributed by atoms with Gasteiger partial charge in [0.15, 0.2) is 0 Å². The summed E-state index contributed by atoms with van der Waals surface area (Å²) < 4.78 is 0. The Morgan fingerprint density at radius 2 is 1.86 bits per heavy atom. The van der Waals surface area contributed by atoms with Gasteiger partial charge in [-0.25, -0.2) is 4.98 Å². The molecule has 140 valence electrons. The van der Waals surface area contributed by atoms with E-state index in [1.165, 1.54) is 29.0 Å². The number of hydrogen-bond donors (Lipinski definition) is 1. The van der Waals surface area contributed by atoms with E-state index in [9.17, 15) is 15.4 Å². The second kappa shape index (κ2) is 8.03. The fourth-order valence-electron chi connectivity index (χ4n) is 2.98. The molecule has 0 radical (unpaired) electrons. The maximum absolute atomic E-state index is 10.8. The van der Waals surface area contributed by atoms with Crippen molar-refractivity contribution in [1.29, 1.82) is 5.26 Å². The van der Waals surface area contributed by atoms with Crippen LogP contribution in [0.15, 0.2) is 48.0 Å². The highest BCUT2D eigenvalue weighted by Crippen LogP contribution is 2.28. The number of nitrogens with one attached hydrogen (secondary N) is 1. The first-order valence-corrected chi connectivity index (χ1v) is 9.42. The molecule has 0 aliphatic carbocycles. The van der Waals surface area contributed by atoms with Crippen molar-refractivity contribution >= 4 is 28.3 Å². The number of aryl methyl sites for hydroxylation is 3. The highest BCUT2D eigenvalue weighted by Gasteiger charge is 2.11. The number of nitriles is 1. The van der Waals surface area contributed by atoms with Crippen molar-refractivity contribution in [3.05, 3.63) is 79.8 Å². The molecule has 1 heterocycles. The molecule has 0 unspecified atom stereocenters. The van der Waals surface area contributed by atoms with Crippen molar-refractivity contribution < 1.29 is 4.92 Å². The Labute approximate surface area is 167 Å². The van der Waals surface area contributed by atoms with Crippen LogP contribution < -0.4 is 5.32 Å². The predicted molar refractivity (Wildman–Crippen MR) is 112 cm³/mol. The smallest absolute Gasteiger partial charge is 0.269 e. The van der Waals surface area contributed by atoms with Gasteiger partial charge in [0.1, 0.15) is 16.6 Å². The molecule has 0 bridgehead atoms. The zero-order valence-electron chi connectivity index (χ0n) is 15.7. The van der Waals surface area contributed by atoms with Gasteiger partial charge in [0.25, 0.3) is 5.69 Å². The average molecular weight is 390 g/mol. The molecule has 0 fully saturated rings. The van der Waals surface area contributed by atoms with Crippen molar-refractivity contribution in [2.45, 2.75) is 20.8 Å². The fraction of sp³-hybridized carbons (Fsp3) is 0.143. The van der Waals surface area contributed by atoms with Crippen LogP contribution in [-0.4, -0.2) is 9.91 Å². The molecule has 3 aromatic rings. The van der Waals surface area contributed by atoms with Gasteiger partial charge in [-0.2, -0.15) is 5.26 Å². The second-order valence-electron chi connectivity index (χ2n) is 6.43. The largest absolute Gasteiger partial charge is 0.360 e. The molecule has 0 saturated heterocycles. The first kappa shape index (κ1) is 19.3. The summed E-state index contributed by atoms with van der Waals surface area (Å²) in [5.41, 5.74) is 6.29. The van der Waals surface area contributed by atoms with Gasteiger partial charge in [-0.15, -0.1) is 11.3 Å². The summed E-state index contributed by atoms with van der Waals surface area (Å²) in [4.78, 5) is 14.9. The van der Waals surface area contributed by atoms with Gasteiger partial charge in [0, 0.05) is 35.0 Å². The van der Waals surface area contributed by atoms with Gasteiger partial charge >= 0.3 is 0 Å². The summed E-state index contributed by atoms with van der Waals surface area (Å²) >= 11 is 1.36. The average Bonchev–Trinajstić information content (AvgIpc) is 3.14. The monoisotopic (exact) mass is 390 g/mol. The third-order valence-electron chi connectivity index (χ3n) is 4.27. The topological polar surface area (TPSA) is 91.8 Å².